The highest BCUT2D eigenvalue weighted by Gasteiger charge is 2.34. The molecule has 3 N–H and O–H groups in total. The normalized spacial score (nSPS) is 22.6. The van der Waals surface area contributed by atoms with E-state index in [-0.39, 0.29) is 6.10 Å². The maximum atomic E-state index is 11.0. The Morgan fingerprint density at radius 3 is 2.94 bits per heavy atom. The van der Waals surface area contributed by atoms with Crippen LogP contribution in [-0.2, 0) is 16.0 Å². The first-order valence-corrected chi connectivity index (χ1v) is 5.78. The molecule has 1 aliphatic carbocycles. The molecule has 0 aromatic heterocycles. The lowest BCUT2D eigenvalue weighted by molar-refractivity contribution is -0.171. The average molecular weight is 235 g/mol. The van der Waals surface area contributed by atoms with E-state index in [9.17, 15) is 4.79 Å². The van der Waals surface area contributed by atoms with Gasteiger partial charge in [-0.2, -0.15) is 0 Å². The lowest BCUT2D eigenvalue weighted by Crippen LogP contribution is -2.48. The minimum atomic E-state index is -1.63. The van der Waals surface area contributed by atoms with Crippen LogP contribution >= 0.6 is 0 Å². The zero-order valence-electron chi connectivity index (χ0n) is 9.85. The van der Waals surface area contributed by atoms with E-state index < -0.39 is 11.7 Å². The lowest BCUT2D eigenvalue weighted by Gasteiger charge is -2.31. The first-order chi connectivity index (χ1) is 8.00. The second-order valence-corrected chi connectivity index (χ2v) is 4.61. The highest BCUT2D eigenvalue weighted by molar-refractivity contribution is 5.76. The van der Waals surface area contributed by atoms with Crippen molar-refractivity contribution in [2.45, 2.75) is 38.0 Å². The third-order valence-corrected chi connectivity index (χ3v) is 3.13. The zero-order valence-corrected chi connectivity index (χ0v) is 9.85. The van der Waals surface area contributed by atoms with Gasteiger partial charge < -0.3 is 9.84 Å². The fraction of sp³-hybridized carbons (Fsp3) is 0.462. The molecule has 2 rings (SSSR count). The summed E-state index contributed by atoms with van der Waals surface area (Å²) in [6.07, 6.45) is 2.62. The standard InChI is InChI=1S/C13H17NO3/c1-13(14,12(15)16)17-11-8-4-6-9-5-2-3-7-10(9)11/h2-3,5,7,11H,4,6,8,14H2,1H3,(H,15,16). The maximum absolute atomic E-state index is 11.0. The van der Waals surface area contributed by atoms with Crippen molar-refractivity contribution in [1.82, 2.24) is 0 Å². The Hall–Kier alpha value is -1.39. The van der Waals surface area contributed by atoms with E-state index in [0.29, 0.717) is 0 Å². The van der Waals surface area contributed by atoms with Crippen LogP contribution in [0, 0.1) is 0 Å². The van der Waals surface area contributed by atoms with Gasteiger partial charge in [-0.25, -0.2) is 4.79 Å². The van der Waals surface area contributed by atoms with Crippen LogP contribution in [0.1, 0.15) is 37.0 Å². The number of hydrogen-bond donors (Lipinski definition) is 2. The molecule has 0 heterocycles. The largest absolute Gasteiger partial charge is 0.478 e. The average Bonchev–Trinajstić information content (AvgIpc) is 2.29. The van der Waals surface area contributed by atoms with Crippen molar-refractivity contribution in [2.24, 2.45) is 5.73 Å². The molecule has 2 unspecified atom stereocenters. The Bertz CT molecular complexity index is 428. The van der Waals surface area contributed by atoms with Crippen LogP contribution in [0.2, 0.25) is 0 Å². The molecule has 17 heavy (non-hydrogen) atoms. The van der Waals surface area contributed by atoms with E-state index >= 15 is 0 Å². The third-order valence-electron chi connectivity index (χ3n) is 3.13. The number of carboxylic acids is 1. The van der Waals surface area contributed by atoms with Crippen molar-refractivity contribution in [1.29, 1.82) is 0 Å². The molecule has 0 bridgehead atoms. The molecule has 0 radical (unpaired) electrons. The van der Waals surface area contributed by atoms with Crippen molar-refractivity contribution in [3.8, 4) is 0 Å². The smallest absolute Gasteiger partial charge is 0.350 e. The number of carboxylic acid groups (broad SMARTS) is 1. The summed E-state index contributed by atoms with van der Waals surface area (Å²) >= 11 is 0. The van der Waals surface area contributed by atoms with Gasteiger partial charge >= 0.3 is 5.97 Å². The number of rotatable bonds is 3. The predicted molar refractivity (Wildman–Crippen MR) is 63.4 cm³/mol. The molecule has 4 heteroatoms. The van der Waals surface area contributed by atoms with E-state index in [0.717, 1.165) is 24.8 Å². The van der Waals surface area contributed by atoms with Crippen molar-refractivity contribution >= 4 is 5.97 Å². The van der Waals surface area contributed by atoms with Crippen LogP contribution in [0.3, 0.4) is 0 Å². The molecule has 92 valence electrons. The van der Waals surface area contributed by atoms with Crippen molar-refractivity contribution in [3.05, 3.63) is 35.4 Å². The Morgan fingerprint density at radius 2 is 2.24 bits per heavy atom. The molecule has 1 aromatic carbocycles. The fourth-order valence-electron chi connectivity index (χ4n) is 2.18. The molecule has 0 aliphatic heterocycles. The number of carbonyl (C=O) groups is 1. The molecule has 1 aliphatic rings. The van der Waals surface area contributed by atoms with Crippen LogP contribution in [0.25, 0.3) is 0 Å². The number of fused-ring (bicyclic) bond motifs is 1. The van der Waals surface area contributed by atoms with Crippen LogP contribution in [0.4, 0.5) is 0 Å². The highest BCUT2D eigenvalue weighted by Crippen LogP contribution is 2.34. The SMILES string of the molecule is CC(N)(OC1CCCc2ccccc21)C(=O)O. The van der Waals surface area contributed by atoms with Crippen LogP contribution in [0.15, 0.2) is 24.3 Å². The summed E-state index contributed by atoms with van der Waals surface area (Å²) in [7, 11) is 0. The van der Waals surface area contributed by atoms with E-state index in [1.165, 1.54) is 12.5 Å². The number of ether oxygens (including phenoxy) is 1. The van der Waals surface area contributed by atoms with E-state index in [1.807, 2.05) is 18.2 Å². The molecular formula is C13H17NO3. The van der Waals surface area contributed by atoms with Gasteiger partial charge in [0.1, 0.15) is 0 Å². The molecule has 0 saturated heterocycles. The minimum Gasteiger partial charge on any atom is -0.478 e. The summed E-state index contributed by atoms with van der Waals surface area (Å²) in [5.41, 5.74) is 6.29. The van der Waals surface area contributed by atoms with Crippen LogP contribution < -0.4 is 5.73 Å². The van der Waals surface area contributed by atoms with Gasteiger partial charge in [-0.1, -0.05) is 24.3 Å². The van der Waals surface area contributed by atoms with E-state index in [1.54, 1.807) is 0 Å². The van der Waals surface area contributed by atoms with Gasteiger partial charge in [0.2, 0.25) is 5.72 Å². The molecule has 4 nitrogen and oxygen atoms in total. The number of nitrogens with two attached hydrogens (primary N) is 1. The Morgan fingerprint density at radius 1 is 1.53 bits per heavy atom. The Labute approximate surface area is 100 Å². The number of benzene rings is 1. The molecular weight excluding hydrogens is 218 g/mol. The van der Waals surface area contributed by atoms with Gasteiger partial charge in [-0.05, 0) is 37.3 Å². The van der Waals surface area contributed by atoms with Gasteiger partial charge in [-0.15, -0.1) is 0 Å². The van der Waals surface area contributed by atoms with Crippen LogP contribution in [0.5, 0.6) is 0 Å². The molecule has 0 saturated carbocycles. The van der Waals surface area contributed by atoms with Gasteiger partial charge in [0.25, 0.3) is 0 Å². The maximum Gasteiger partial charge on any atom is 0.350 e. The van der Waals surface area contributed by atoms with Gasteiger partial charge in [0.05, 0.1) is 6.10 Å². The Balaban J connectivity index is 2.22. The summed E-state index contributed by atoms with van der Waals surface area (Å²) in [6.45, 7) is 1.38. The summed E-state index contributed by atoms with van der Waals surface area (Å²) in [6, 6.07) is 7.96. The summed E-state index contributed by atoms with van der Waals surface area (Å²) in [5.74, 6) is -1.14. The fourth-order valence-corrected chi connectivity index (χ4v) is 2.18. The summed E-state index contributed by atoms with van der Waals surface area (Å²) < 4.78 is 5.54. The molecule has 1 aromatic rings. The molecule has 0 fully saturated rings. The molecule has 0 spiro atoms. The molecule has 2 atom stereocenters. The number of aryl methyl sites for hydroxylation is 1. The monoisotopic (exact) mass is 235 g/mol. The van der Waals surface area contributed by atoms with E-state index in [4.69, 9.17) is 15.6 Å². The summed E-state index contributed by atoms with van der Waals surface area (Å²) in [4.78, 5) is 11.0. The van der Waals surface area contributed by atoms with Crippen molar-refractivity contribution in [2.75, 3.05) is 0 Å². The van der Waals surface area contributed by atoms with Crippen molar-refractivity contribution in [3.63, 3.8) is 0 Å². The quantitative estimate of drug-likeness (QED) is 0.784. The van der Waals surface area contributed by atoms with Crippen molar-refractivity contribution < 1.29 is 14.6 Å². The van der Waals surface area contributed by atoms with Crippen LogP contribution in [-0.4, -0.2) is 16.8 Å². The zero-order chi connectivity index (χ0) is 12.5. The Kier molecular flexibility index (Phi) is 3.17. The lowest BCUT2D eigenvalue weighted by atomic mass is 9.89. The van der Waals surface area contributed by atoms with Gasteiger partial charge in [-0.3, -0.25) is 5.73 Å². The highest BCUT2D eigenvalue weighted by atomic mass is 16.5. The first kappa shape index (κ1) is 12.1. The van der Waals surface area contributed by atoms with Gasteiger partial charge in [0.15, 0.2) is 0 Å². The predicted octanol–water partition coefficient (Wildman–Crippen LogP) is 1.84. The second kappa shape index (κ2) is 4.47. The van der Waals surface area contributed by atoms with E-state index in [2.05, 4.69) is 6.07 Å². The summed E-state index contributed by atoms with van der Waals surface area (Å²) in [5, 5.41) is 8.97. The third kappa shape index (κ3) is 2.48. The number of hydrogen-bond acceptors (Lipinski definition) is 3. The topological polar surface area (TPSA) is 72.5 Å². The first-order valence-electron chi connectivity index (χ1n) is 5.78. The minimum absolute atomic E-state index is 0.217. The molecule has 0 amide bonds. The second-order valence-electron chi connectivity index (χ2n) is 4.61. The van der Waals surface area contributed by atoms with Gasteiger partial charge in [0, 0.05) is 0 Å². The number of aliphatic carboxylic acids is 1.